The zero-order valence-electron chi connectivity index (χ0n) is 12.0. The van der Waals surface area contributed by atoms with Crippen LogP contribution in [0.4, 0.5) is 8.78 Å². The summed E-state index contributed by atoms with van der Waals surface area (Å²) >= 11 is 0. The molecule has 3 nitrogen and oxygen atoms in total. The average molecular weight is 283 g/mol. The summed E-state index contributed by atoms with van der Waals surface area (Å²) in [5.41, 5.74) is 6.34. The molecule has 1 aromatic rings. The van der Waals surface area contributed by atoms with Crippen molar-refractivity contribution in [3.63, 3.8) is 0 Å². The van der Waals surface area contributed by atoms with Crippen LogP contribution >= 0.6 is 0 Å². The molecule has 0 aromatic heterocycles. The van der Waals surface area contributed by atoms with Crippen LogP contribution in [0.1, 0.15) is 12.5 Å². The number of nitrogens with zero attached hydrogens (tertiary/aromatic N) is 2. The monoisotopic (exact) mass is 283 g/mol. The molecule has 5 heteroatoms. The van der Waals surface area contributed by atoms with Crippen LogP contribution in [0, 0.1) is 17.6 Å². The summed E-state index contributed by atoms with van der Waals surface area (Å²) in [7, 11) is 0. The van der Waals surface area contributed by atoms with E-state index in [1.807, 2.05) is 0 Å². The smallest absolute Gasteiger partial charge is 0.126 e. The minimum Gasteiger partial charge on any atom is -0.330 e. The standard InChI is InChI=1S/C15H23F2N3/c1-12(9-18)10-19-2-4-20(5-3-19)11-13-6-14(16)8-15(17)7-13/h6-8,12H,2-5,9-11,18H2,1H3. The third-order valence-corrected chi connectivity index (χ3v) is 3.77. The van der Waals surface area contributed by atoms with E-state index in [-0.39, 0.29) is 0 Å². The SMILES string of the molecule is CC(CN)CN1CCN(Cc2cc(F)cc(F)c2)CC1. The van der Waals surface area contributed by atoms with Crippen molar-refractivity contribution in [3.05, 3.63) is 35.4 Å². The Balaban J connectivity index is 1.82. The molecule has 1 aliphatic rings. The summed E-state index contributed by atoms with van der Waals surface area (Å²) in [6.45, 7) is 8.33. The minimum absolute atomic E-state index is 0.504. The van der Waals surface area contributed by atoms with Crippen LogP contribution in [0.2, 0.25) is 0 Å². The molecule has 112 valence electrons. The lowest BCUT2D eigenvalue weighted by molar-refractivity contribution is 0.116. The van der Waals surface area contributed by atoms with Gasteiger partial charge in [0.25, 0.3) is 0 Å². The molecule has 0 spiro atoms. The van der Waals surface area contributed by atoms with Crippen LogP contribution in [0.15, 0.2) is 18.2 Å². The number of rotatable bonds is 5. The number of hydrogen-bond acceptors (Lipinski definition) is 3. The van der Waals surface area contributed by atoms with E-state index in [0.29, 0.717) is 24.6 Å². The highest BCUT2D eigenvalue weighted by molar-refractivity contribution is 5.17. The molecule has 2 rings (SSSR count). The fraction of sp³-hybridized carbons (Fsp3) is 0.600. The quantitative estimate of drug-likeness (QED) is 0.892. The number of hydrogen-bond donors (Lipinski definition) is 1. The van der Waals surface area contributed by atoms with E-state index >= 15 is 0 Å². The van der Waals surface area contributed by atoms with Crippen LogP contribution in [0.3, 0.4) is 0 Å². The highest BCUT2D eigenvalue weighted by Crippen LogP contribution is 2.13. The average Bonchev–Trinajstić information content (AvgIpc) is 2.39. The largest absolute Gasteiger partial charge is 0.330 e. The van der Waals surface area contributed by atoms with Crippen molar-refractivity contribution in [2.75, 3.05) is 39.3 Å². The van der Waals surface area contributed by atoms with Gasteiger partial charge in [-0.3, -0.25) is 4.90 Å². The Kier molecular flexibility index (Phi) is 5.46. The molecule has 0 saturated carbocycles. The van der Waals surface area contributed by atoms with E-state index in [9.17, 15) is 8.78 Å². The maximum atomic E-state index is 13.1. The topological polar surface area (TPSA) is 32.5 Å². The van der Waals surface area contributed by atoms with Gasteiger partial charge in [-0.2, -0.15) is 0 Å². The summed E-state index contributed by atoms with van der Waals surface area (Å²) in [6.07, 6.45) is 0. The number of nitrogens with two attached hydrogens (primary N) is 1. The number of halogens is 2. The molecule has 2 N–H and O–H groups in total. The third kappa shape index (κ3) is 4.51. The molecule has 1 aliphatic heterocycles. The molecule has 1 atom stereocenters. The van der Waals surface area contributed by atoms with Gasteiger partial charge in [-0.05, 0) is 30.2 Å². The van der Waals surface area contributed by atoms with E-state index in [0.717, 1.165) is 38.8 Å². The molecule has 1 saturated heterocycles. The second-order valence-corrected chi connectivity index (χ2v) is 5.70. The van der Waals surface area contributed by atoms with Gasteiger partial charge in [0.1, 0.15) is 11.6 Å². The van der Waals surface area contributed by atoms with Gasteiger partial charge in [-0.25, -0.2) is 8.78 Å². The van der Waals surface area contributed by atoms with E-state index in [1.54, 1.807) is 0 Å². The zero-order valence-corrected chi connectivity index (χ0v) is 12.0. The summed E-state index contributed by atoms with van der Waals surface area (Å²) in [4.78, 5) is 4.64. The maximum absolute atomic E-state index is 13.1. The molecule has 0 amide bonds. The first-order valence-corrected chi connectivity index (χ1v) is 7.16. The number of piperazine rings is 1. The van der Waals surface area contributed by atoms with Gasteiger partial charge in [-0.15, -0.1) is 0 Å². The van der Waals surface area contributed by atoms with Crippen molar-refractivity contribution in [1.82, 2.24) is 9.80 Å². The first-order chi connectivity index (χ1) is 9.56. The van der Waals surface area contributed by atoms with E-state index in [1.165, 1.54) is 12.1 Å². The Hall–Kier alpha value is -1.04. The van der Waals surface area contributed by atoms with Gasteiger partial charge in [0.15, 0.2) is 0 Å². The lowest BCUT2D eigenvalue weighted by Crippen LogP contribution is -2.47. The van der Waals surface area contributed by atoms with Gasteiger partial charge in [0.2, 0.25) is 0 Å². The molecular formula is C15H23F2N3. The van der Waals surface area contributed by atoms with Crippen molar-refractivity contribution in [3.8, 4) is 0 Å². The fourth-order valence-corrected chi connectivity index (χ4v) is 2.61. The Morgan fingerprint density at radius 3 is 2.15 bits per heavy atom. The predicted octanol–water partition coefficient (Wildman–Crippen LogP) is 1.68. The molecular weight excluding hydrogens is 260 g/mol. The van der Waals surface area contributed by atoms with Crippen LogP contribution in [-0.2, 0) is 6.54 Å². The minimum atomic E-state index is -0.504. The molecule has 1 heterocycles. The van der Waals surface area contributed by atoms with E-state index < -0.39 is 11.6 Å². The van der Waals surface area contributed by atoms with E-state index in [4.69, 9.17) is 5.73 Å². The van der Waals surface area contributed by atoms with Crippen molar-refractivity contribution in [2.45, 2.75) is 13.5 Å². The van der Waals surface area contributed by atoms with Crippen molar-refractivity contribution in [1.29, 1.82) is 0 Å². The van der Waals surface area contributed by atoms with Crippen molar-refractivity contribution < 1.29 is 8.78 Å². The molecule has 0 aliphatic carbocycles. The molecule has 1 fully saturated rings. The molecule has 20 heavy (non-hydrogen) atoms. The predicted molar refractivity (Wildman–Crippen MR) is 76.3 cm³/mol. The van der Waals surface area contributed by atoms with Crippen LogP contribution in [0.25, 0.3) is 0 Å². The highest BCUT2D eigenvalue weighted by Gasteiger charge is 2.18. The Morgan fingerprint density at radius 2 is 1.60 bits per heavy atom. The first-order valence-electron chi connectivity index (χ1n) is 7.16. The molecule has 0 radical (unpaired) electrons. The second-order valence-electron chi connectivity index (χ2n) is 5.70. The summed E-state index contributed by atoms with van der Waals surface area (Å²) < 4.78 is 26.3. The lowest BCUT2D eigenvalue weighted by Gasteiger charge is -2.35. The van der Waals surface area contributed by atoms with Crippen molar-refractivity contribution >= 4 is 0 Å². The van der Waals surface area contributed by atoms with E-state index in [2.05, 4.69) is 16.7 Å². The second kappa shape index (κ2) is 7.11. The van der Waals surface area contributed by atoms with Crippen LogP contribution in [0.5, 0.6) is 0 Å². The van der Waals surface area contributed by atoms with Crippen molar-refractivity contribution in [2.24, 2.45) is 11.7 Å². The highest BCUT2D eigenvalue weighted by atomic mass is 19.1. The van der Waals surface area contributed by atoms with Gasteiger partial charge < -0.3 is 10.6 Å². The maximum Gasteiger partial charge on any atom is 0.126 e. The summed E-state index contributed by atoms with van der Waals surface area (Å²) in [6, 6.07) is 3.73. The molecule has 0 bridgehead atoms. The van der Waals surface area contributed by atoms with Gasteiger partial charge in [0, 0.05) is 45.3 Å². The lowest BCUT2D eigenvalue weighted by atomic mass is 10.1. The van der Waals surface area contributed by atoms with Crippen LogP contribution in [-0.4, -0.2) is 49.1 Å². The Labute approximate surface area is 119 Å². The van der Waals surface area contributed by atoms with Gasteiger partial charge >= 0.3 is 0 Å². The molecule has 1 unspecified atom stereocenters. The third-order valence-electron chi connectivity index (χ3n) is 3.77. The summed E-state index contributed by atoms with van der Waals surface area (Å²) in [5, 5.41) is 0. The zero-order chi connectivity index (χ0) is 14.5. The molecule has 1 aromatic carbocycles. The van der Waals surface area contributed by atoms with Gasteiger partial charge in [0.05, 0.1) is 0 Å². The Bertz CT molecular complexity index is 411. The van der Waals surface area contributed by atoms with Crippen LogP contribution < -0.4 is 5.73 Å². The first kappa shape index (κ1) is 15.4. The summed E-state index contributed by atoms with van der Waals surface area (Å²) in [5.74, 6) is -0.496. The Morgan fingerprint density at radius 1 is 1.05 bits per heavy atom. The van der Waals surface area contributed by atoms with Gasteiger partial charge in [-0.1, -0.05) is 6.92 Å². The fourth-order valence-electron chi connectivity index (χ4n) is 2.61. The number of benzene rings is 1. The normalized spacial score (nSPS) is 19.2.